The van der Waals surface area contributed by atoms with E-state index < -0.39 is 11.9 Å². The molecule has 0 heterocycles. The van der Waals surface area contributed by atoms with Crippen LogP contribution in [0.15, 0.2) is 30.3 Å². The molecule has 3 atom stereocenters. The van der Waals surface area contributed by atoms with Gasteiger partial charge in [-0.2, -0.15) is 0 Å². The first-order chi connectivity index (χ1) is 8.63. The van der Waals surface area contributed by atoms with Gasteiger partial charge < -0.3 is 11.1 Å². The predicted molar refractivity (Wildman–Crippen MR) is 68.7 cm³/mol. The molecule has 0 aliphatic heterocycles. The average molecular weight is 246 g/mol. The highest BCUT2D eigenvalue weighted by Crippen LogP contribution is 2.47. The number of carbonyl (C=O) groups is 2. The maximum absolute atomic E-state index is 11.9. The lowest BCUT2D eigenvalue weighted by atomic mass is 10.1. The smallest absolute Gasteiger partial charge is 0.239 e. The van der Waals surface area contributed by atoms with Gasteiger partial charge in [-0.3, -0.25) is 9.59 Å². The first-order valence-electron chi connectivity index (χ1n) is 6.28. The molecule has 0 spiro atoms. The molecule has 1 saturated carbocycles. The van der Waals surface area contributed by atoms with Crippen LogP contribution >= 0.6 is 0 Å². The van der Waals surface area contributed by atoms with E-state index in [-0.39, 0.29) is 17.7 Å². The van der Waals surface area contributed by atoms with Crippen LogP contribution in [0.4, 0.5) is 0 Å². The minimum atomic E-state index is -0.547. The van der Waals surface area contributed by atoms with Crippen molar-refractivity contribution in [2.24, 2.45) is 11.7 Å². The summed E-state index contributed by atoms with van der Waals surface area (Å²) in [5, 5.41) is 2.71. The van der Waals surface area contributed by atoms with Gasteiger partial charge in [-0.05, 0) is 24.3 Å². The van der Waals surface area contributed by atoms with Crippen molar-refractivity contribution in [3.63, 3.8) is 0 Å². The van der Waals surface area contributed by atoms with Crippen LogP contribution in [-0.4, -0.2) is 17.9 Å². The molecule has 2 amide bonds. The highest BCUT2D eigenvalue weighted by Gasteiger charge is 2.44. The van der Waals surface area contributed by atoms with Crippen molar-refractivity contribution < 1.29 is 9.59 Å². The molecule has 0 saturated heterocycles. The normalized spacial score (nSPS) is 23.2. The highest BCUT2D eigenvalue weighted by atomic mass is 16.2. The van der Waals surface area contributed by atoms with Crippen molar-refractivity contribution in [3.05, 3.63) is 35.9 Å². The molecule has 1 aromatic carbocycles. The second kappa shape index (κ2) is 5.21. The second-order valence-electron chi connectivity index (χ2n) is 4.73. The molecule has 1 fully saturated rings. The van der Waals surface area contributed by atoms with Crippen molar-refractivity contribution in [2.75, 3.05) is 0 Å². The Bertz CT molecular complexity index is 444. The van der Waals surface area contributed by atoms with Gasteiger partial charge in [0.05, 0.1) is 0 Å². The van der Waals surface area contributed by atoms with Gasteiger partial charge in [-0.1, -0.05) is 37.3 Å². The third kappa shape index (κ3) is 2.70. The van der Waals surface area contributed by atoms with Gasteiger partial charge in [0.25, 0.3) is 0 Å². The molecule has 1 aliphatic rings. The van der Waals surface area contributed by atoms with Crippen LogP contribution in [0, 0.1) is 5.92 Å². The Kier molecular flexibility index (Phi) is 3.65. The van der Waals surface area contributed by atoms with Gasteiger partial charge in [0.15, 0.2) is 0 Å². The van der Waals surface area contributed by atoms with Crippen LogP contribution in [0.25, 0.3) is 0 Å². The van der Waals surface area contributed by atoms with Gasteiger partial charge in [-0.15, -0.1) is 0 Å². The Morgan fingerprint density at radius 3 is 2.61 bits per heavy atom. The molecular weight excluding hydrogens is 228 g/mol. The molecule has 96 valence electrons. The summed E-state index contributed by atoms with van der Waals surface area (Å²) < 4.78 is 0. The van der Waals surface area contributed by atoms with Crippen molar-refractivity contribution in [1.82, 2.24) is 5.32 Å². The Labute approximate surface area is 107 Å². The van der Waals surface area contributed by atoms with Gasteiger partial charge in [0.1, 0.15) is 6.04 Å². The van der Waals surface area contributed by atoms with E-state index in [0.717, 1.165) is 6.42 Å². The third-order valence-corrected chi connectivity index (χ3v) is 3.42. The van der Waals surface area contributed by atoms with E-state index in [1.165, 1.54) is 5.56 Å². The number of primary amides is 1. The molecule has 0 radical (unpaired) electrons. The molecular formula is C14H18N2O2. The molecule has 1 aromatic rings. The number of rotatable bonds is 5. The maximum Gasteiger partial charge on any atom is 0.239 e. The zero-order chi connectivity index (χ0) is 13.1. The topological polar surface area (TPSA) is 72.2 Å². The van der Waals surface area contributed by atoms with E-state index in [2.05, 4.69) is 5.32 Å². The second-order valence-corrected chi connectivity index (χ2v) is 4.73. The minimum Gasteiger partial charge on any atom is -0.368 e. The van der Waals surface area contributed by atoms with E-state index in [1.54, 1.807) is 0 Å². The van der Waals surface area contributed by atoms with Gasteiger partial charge in [0, 0.05) is 5.92 Å². The van der Waals surface area contributed by atoms with Gasteiger partial charge in [-0.25, -0.2) is 0 Å². The standard InChI is InChI=1S/C14H18N2O2/c1-2-12(13(15)17)16-14(18)11-8-10(11)9-6-4-3-5-7-9/h3-7,10-12H,2,8H2,1H3,(H2,15,17)(H,16,18)/t10-,11+,12-/m0/s1. The van der Waals surface area contributed by atoms with Crippen LogP contribution in [-0.2, 0) is 9.59 Å². The summed E-state index contributed by atoms with van der Waals surface area (Å²) in [4.78, 5) is 23.0. The average Bonchev–Trinajstić information content (AvgIpc) is 3.16. The van der Waals surface area contributed by atoms with E-state index in [0.29, 0.717) is 6.42 Å². The van der Waals surface area contributed by atoms with Crippen molar-refractivity contribution in [2.45, 2.75) is 31.7 Å². The lowest BCUT2D eigenvalue weighted by molar-refractivity contribution is -0.128. The number of nitrogens with one attached hydrogen (secondary N) is 1. The summed E-state index contributed by atoms with van der Waals surface area (Å²) in [6.07, 6.45) is 1.38. The lowest BCUT2D eigenvalue weighted by Crippen LogP contribution is -2.44. The summed E-state index contributed by atoms with van der Waals surface area (Å²) >= 11 is 0. The fourth-order valence-corrected chi connectivity index (χ4v) is 2.21. The summed E-state index contributed by atoms with van der Waals surface area (Å²) in [5.74, 6) is -0.255. The zero-order valence-corrected chi connectivity index (χ0v) is 10.4. The highest BCUT2D eigenvalue weighted by molar-refractivity contribution is 5.89. The van der Waals surface area contributed by atoms with E-state index in [1.807, 2.05) is 37.3 Å². The van der Waals surface area contributed by atoms with Crippen LogP contribution in [0.5, 0.6) is 0 Å². The molecule has 0 aromatic heterocycles. The third-order valence-electron chi connectivity index (χ3n) is 3.42. The fourth-order valence-electron chi connectivity index (χ4n) is 2.21. The zero-order valence-electron chi connectivity index (χ0n) is 10.4. The maximum atomic E-state index is 11.9. The van der Waals surface area contributed by atoms with E-state index in [4.69, 9.17) is 5.73 Å². The monoisotopic (exact) mass is 246 g/mol. The Hall–Kier alpha value is -1.84. The van der Waals surface area contributed by atoms with Crippen LogP contribution in [0.2, 0.25) is 0 Å². The SMILES string of the molecule is CC[C@H](NC(=O)[C@@H]1C[C@H]1c1ccccc1)C(N)=O. The molecule has 18 heavy (non-hydrogen) atoms. The van der Waals surface area contributed by atoms with Crippen LogP contribution in [0.1, 0.15) is 31.2 Å². The van der Waals surface area contributed by atoms with E-state index in [9.17, 15) is 9.59 Å². The fraction of sp³-hybridized carbons (Fsp3) is 0.429. The summed E-state index contributed by atoms with van der Waals surface area (Å²) in [5.41, 5.74) is 6.39. The van der Waals surface area contributed by atoms with Gasteiger partial charge in [0.2, 0.25) is 11.8 Å². The minimum absolute atomic E-state index is 0.0131. The molecule has 1 aliphatic carbocycles. The van der Waals surface area contributed by atoms with Crippen LogP contribution in [0.3, 0.4) is 0 Å². The largest absolute Gasteiger partial charge is 0.368 e. The molecule has 0 unspecified atom stereocenters. The van der Waals surface area contributed by atoms with Crippen molar-refractivity contribution >= 4 is 11.8 Å². The van der Waals surface area contributed by atoms with Crippen molar-refractivity contribution in [1.29, 1.82) is 0 Å². The number of benzene rings is 1. The predicted octanol–water partition coefficient (Wildman–Crippen LogP) is 1.17. The lowest BCUT2D eigenvalue weighted by Gasteiger charge is -2.13. The van der Waals surface area contributed by atoms with Crippen molar-refractivity contribution in [3.8, 4) is 0 Å². The number of hydrogen-bond acceptors (Lipinski definition) is 2. The van der Waals surface area contributed by atoms with Crippen LogP contribution < -0.4 is 11.1 Å². The Morgan fingerprint density at radius 1 is 1.39 bits per heavy atom. The molecule has 4 nitrogen and oxygen atoms in total. The number of carbonyl (C=O) groups excluding carboxylic acids is 2. The molecule has 2 rings (SSSR count). The number of nitrogens with two attached hydrogens (primary N) is 1. The Morgan fingerprint density at radius 2 is 2.06 bits per heavy atom. The number of amides is 2. The molecule has 3 N–H and O–H groups in total. The summed E-state index contributed by atoms with van der Waals surface area (Å²) in [6, 6.07) is 9.42. The summed E-state index contributed by atoms with van der Waals surface area (Å²) in [6.45, 7) is 1.83. The Balaban J connectivity index is 1.92. The molecule has 4 heteroatoms. The van der Waals surface area contributed by atoms with E-state index >= 15 is 0 Å². The van der Waals surface area contributed by atoms with Gasteiger partial charge >= 0.3 is 0 Å². The number of hydrogen-bond donors (Lipinski definition) is 2. The quantitative estimate of drug-likeness (QED) is 0.818. The molecule has 0 bridgehead atoms. The first kappa shape index (κ1) is 12.6. The first-order valence-corrected chi connectivity index (χ1v) is 6.28. The summed E-state index contributed by atoms with van der Waals surface area (Å²) in [7, 11) is 0.